The first kappa shape index (κ1) is 17.1. The highest BCUT2D eigenvalue weighted by atomic mass is 32.2. The van der Waals surface area contributed by atoms with Gasteiger partial charge in [-0.3, -0.25) is 8.42 Å². The first-order chi connectivity index (χ1) is 10.8. The van der Waals surface area contributed by atoms with Crippen molar-refractivity contribution in [2.24, 2.45) is 0 Å². The molecule has 0 spiro atoms. The van der Waals surface area contributed by atoms with Crippen LogP contribution in [-0.2, 0) is 21.6 Å². The van der Waals surface area contributed by atoms with E-state index < -0.39 is 21.6 Å². The summed E-state index contributed by atoms with van der Waals surface area (Å²) < 4.78 is 24.1. The monoisotopic (exact) mass is 334 g/mol. The summed E-state index contributed by atoms with van der Waals surface area (Å²) in [6.07, 6.45) is 4.01. The van der Waals surface area contributed by atoms with Gasteiger partial charge in [0.1, 0.15) is 0 Å². The third-order valence-corrected chi connectivity index (χ3v) is 6.34. The maximum Gasteiger partial charge on any atom is 0.0529 e. The molecule has 0 heterocycles. The molecule has 0 aliphatic heterocycles. The summed E-state index contributed by atoms with van der Waals surface area (Å²) in [5.41, 5.74) is 0. The number of hydrogen-bond donors (Lipinski definition) is 0. The molecule has 0 saturated carbocycles. The Kier molecular flexibility index (Phi) is 7.54. The van der Waals surface area contributed by atoms with E-state index in [0.29, 0.717) is 11.5 Å². The molecular weight excluding hydrogens is 312 g/mol. The Morgan fingerprint density at radius 3 is 1.27 bits per heavy atom. The lowest BCUT2D eigenvalue weighted by Gasteiger charge is -2.04. The lowest BCUT2D eigenvalue weighted by Crippen LogP contribution is -2.00. The molecule has 2 nitrogen and oxygen atoms in total. The standard InChI is InChI=1S/C18H22O2S2/c19-21(17-11-5-3-6-12-17)15-9-1-2-10-16-22(20)18-13-7-4-8-14-18/h3-8,11-14H,1-2,9-10,15-16H2. The summed E-state index contributed by atoms with van der Waals surface area (Å²) in [5, 5.41) is 0. The van der Waals surface area contributed by atoms with E-state index in [1.165, 1.54) is 0 Å². The van der Waals surface area contributed by atoms with Crippen LogP contribution in [0.2, 0.25) is 0 Å². The van der Waals surface area contributed by atoms with Crippen molar-refractivity contribution >= 4 is 21.6 Å². The highest BCUT2D eigenvalue weighted by molar-refractivity contribution is 7.85. The molecule has 0 fully saturated rings. The molecule has 2 aromatic rings. The van der Waals surface area contributed by atoms with E-state index in [4.69, 9.17) is 0 Å². The van der Waals surface area contributed by atoms with Crippen molar-refractivity contribution in [1.29, 1.82) is 0 Å². The van der Waals surface area contributed by atoms with Crippen molar-refractivity contribution in [2.75, 3.05) is 11.5 Å². The van der Waals surface area contributed by atoms with Gasteiger partial charge in [-0.1, -0.05) is 49.2 Å². The van der Waals surface area contributed by atoms with Crippen molar-refractivity contribution in [1.82, 2.24) is 0 Å². The molecule has 2 rings (SSSR count). The molecule has 0 aliphatic rings. The van der Waals surface area contributed by atoms with Gasteiger partial charge in [-0.05, 0) is 37.1 Å². The summed E-state index contributed by atoms with van der Waals surface area (Å²) in [6, 6.07) is 19.2. The van der Waals surface area contributed by atoms with Gasteiger partial charge in [-0.2, -0.15) is 0 Å². The van der Waals surface area contributed by atoms with Gasteiger partial charge in [0.2, 0.25) is 0 Å². The molecule has 0 amide bonds. The molecule has 0 saturated heterocycles. The van der Waals surface area contributed by atoms with Crippen molar-refractivity contribution in [3.8, 4) is 0 Å². The van der Waals surface area contributed by atoms with E-state index in [1.807, 2.05) is 60.7 Å². The van der Waals surface area contributed by atoms with E-state index in [9.17, 15) is 8.42 Å². The second-order valence-corrected chi connectivity index (χ2v) is 8.28. The van der Waals surface area contributed by atoms with Crippen LogP contribution in [0, 0.1) is 0 Å². The van der Waals surface area contributed by atoms with Gasteiger partial charge in [-0.25, -0.2) is 0 Å². The van der Waals surface area contributed by atoms with Crippen LogP contribution in [-0.4, -0.2) is 19.9 Å². The summed E-state index contributed by atoms with van der Waals surface area (Å²) in [6.45, 7) is 0. The topological polar surface area (TPSA) is 34.1 Å². The molecule has 0 N–H and O–H groups in total. The molecule has 2 unspecified atom stereocenters. The Bertz CT molecular complexity index is 541. The van der Waals surface area contributed by atoms with Gasteiger partial charge >= 0.3 is 0 Å². The predicted molar refractivity (Wildman–Crippen MR) is 93.9 cm³/mol. The maximum atomic E-state index is 12.0. The molecule has 118 valence electrons. The van der Waals surface area contributed by atoms with Crippen LogP contribution in [0.25, 0.3) is 0 Å². The first-order valence-electron chi connectivity index (χ1n) is 7.64. The van der Waals surface area contributed by atoms with Gasteiger partial charge in [0.15, 0.2) is 0 Å². The number of hydrogen-bond acceptors (Lipinski definition) is 2. The minimum absolute atomic E-state index is 0.714. The summed E-state index contributed by atoms with van der Waals surface area (Å²) in [4.78, 5) is 1.82. The SMILES string of the molecule is O=S(CCCCCCS(=O)c1ccccc1)c1ccccc1. The number of benzene rings is 2. The lowest BCUT2D eigenvalue weighted by molar-refractivity contribution is 0.660. The Hall–Kier alpha value is -1.26. The normalized spacial score (nSPS) is 13.6. The molecule has 2 atom stereocenters. The van der Waals surface area contributed by atoms with Crippen molar-refractivity contribution < 1.29 is 8.42 Å². The largest absolute Gasteiger partial charge is 0.254 e. The van der Waals surface area contributed by atoms with E-state index in [0.717, 1.165) is 35.5 Å². The van der Waals surface area contributed by atoms with Crippen LogP contribution in [0.1, 0.15) is 25.7 Å². The van der Waals surface area contributed by atoms with Crippen LogP contribution in [0.4, 0.5) is 0 Å². The Labute approximate surface area is 137 Å². The highest BCUT2D eigenvalue weighted by Crippen LogP contribution is 2.11. The highest BCUT2D eigenvalue weighted by Gasteiger charge is 2.04. The maximum absolute atomic E-state index is 12.0. The minimum Gasteiger partial charge on any atom is -0.254 e. The molecule has 0 aromatic heterocycles. The summed E-state index contributed by atoms with van der Waals surface area (Å²) in [5.74, 6) is 1.43. The predicted octanol–water partition coefficient (Wildman–Crippen LogP) is 4.16. The van der Waals surface area contributed by atoms with Gasteiger partial charge in [0.25, 0.3) is 0 Å². The Morgan fingerprint density at radius 2 is 0.909 bits per heavy atom. The summed E-state index contributed by atoms with van der Waals surface area (Å²) in [7, 11) is -1.77. The van der Waals surface area contributed by atoms with E-state index >= 15 is 0 Å². The van der Waals surface area contributed by atoms with Crippen LogP contribution in [0.5, 0.6) is 0 Å². The van der Waals surface area contributed by atoms with Crippen molar-refractivity contribution in [2.45, 2.75) is 35.5 Å². The zero-order valence-corrected chi connectivity index (χ0v) is 14.3. The fourth-order valence-electron chi connectivity index (χ4n) is 2.20. The van der Waals surface area contributed by atoms with E-state index in [2.05, 4.69) is 0 Å². The number of rotatable bonds is 9. The Balaban J connectivity index is 1.58. The molecule has 4 heteroatoms. The van der Waals surface area contributed by atoms with Crippen molar-refractivity contribution in [3.63, 3.8) is 0 Å². The molecule has 2 aromatic carbocycles. The zero-order valence-electron chi connectivity index (χ0n) is 12.6. The van der Waals surface area contributed by atoms with E-state index in [1.54, 1.807) is 0 Å². The van der Waals surface area contributed by atoms with Gasteiger partial charge < -0.3 is 0 Å². The zero-order chi connectivity index (χ0) is 15.6. The van der Waals surface area contributed by atoms with Crippen LogP contribution < -0.4 is 0 Å². The molecular formula is C18H22O2S2. The molecule has 0 aliphatic carbocycles. The van der Waals surface area contributed by atoms with Crippen LogP contribution in [0.15, 0.2) is 70.5 Å². The summed E-state index contributed by atoms with van der Waals surface area (Å²) >= 11 is 0. The lowest BCUT2D eigenvalue weighted by atomic mass is 10.2. The quantitative estimate of drug-likeness (QED) is 0.645. The van der Waals surface area contributed by atoms with Crippen LogP contribution >= 0.6 is 0 Å². The average molecular weight is 335 g/mol. The molecule has 22 heavy (non-hydrogen) atoms. The molecule has 0 bridgehead atoms. The fourth-order valence-corrected chi connectivity index (χ4v) is 4.53. The average Bonchev–Trinajstić information content (AvgIpc) is 2.59. The van der Waals surface area contributed by atoms with E-state index in [-0.39, 0.29) is 0 Å². The Morgan fingerprint density at radius 1 is 0.545 bits per heavy atom. The van der Waals surface area contributed by atoms with Crippen molar-refractivity contribution in [3.05, 3.63) is 60.7 Å². The fraction of sp³-hybridized carbons (Fsp3) is 0.333. The first-order valence-corrected chi connectivity index (χ1v) is 10.3. The van der Waals surface area contributed by atoms with Gasteiger partial charge in [0.05, 0.1) is 21.6 Å². The molecule has 0 radical (unpaired) electrons. The smallest absolute Gasteiger partial charge is 0.0529 e. The third kappa shape index (κ3) is 5.85. The van der Waals surface area contributed by atoms with Gasteiger partial charge in [-0.15, -0.1) is 0 Å². The third-order valence-electron chi connectivity index (χ3n) is 3.42. The van der Waals surface area contributed by atoms with Gasteiger partial charge in [0, 0.05) is 21.3 Å². The van der Waals surface area contributed by atoms with Crippen LogP contribution in [0.3, 0.4) is 0 Å². The second-order valence-electron chi connectivity index (χ2n) is 5.14. The number of unbranched alkanes of at least 4 members (excludes halogenated alkanes) is 3. The second kappa shape index (κ2) is 9.70. The minimum atomic E-state index is -0.887.